The van der Waals surface area contributed by atoms with Crippen LogP contribution in [0.2, 0.25) is 0 Å². The number of halogens is 1. The molecule has 1 aliphatic heterocycles. The Balaban J connectivity index is 2.61. The predicted octanol–water partition coefficient (Wildman–Crippen LogP) is 1.43. The minimum Gasteiger partial charge on any atom is -0.341 e. The van der Waals surface area contributed by atoms with Gasteiger partial charge in [0.05, 0.1) is 10.5 Å². The molecule has 0 aliphatic carbocycles. The number of rotatable bonds is 3. The summed E-state index contributed by atoms with van der Waals surface area (Å²) in [6.45, 7) is 6.03. The molecule has 1 fully saturated rings. The van der Waals surface area contributed by atoms with Gasteiger partial charge in [0.25, 0.3) is 0 Å². The highest BCUT2D eigenvalue weighted by molar-refractivity contribution is 7.92. The summed E-state index contributed by atoms with van der Waals surface area (Å²) in [5, 5.41) is -1.19. The second-order valence-electron chi connectivity index (χ2n) is 4.78. The van der Waals surface area contributed by atoms with Gasteiger partial charge >= 0.3 is 0 Å². The summed E-state index contributed by atoms with van der Waals surface area (Å²) in [6, 6.07) is 0. The molecule has 6 heteroatoms. The molecule has 1 amide bonds. The molecule has 1 aliphatic rings. The number of nitrogens with zero attached hydrogens (tertiary/aromatic N) is 1. The number of hydrogen-bond donors (Lipinski definition) is 0. The Morgan fingerprint density at radius 1 is 1.24 bits per heavy atom. The van der Waals surface area contributed by atoms with Crippen LogP contribution < -0.4 is 0 Å². The lowest BCUT2D eigenvalue weighted by Gasteiger charge is -2.33. The maximum Gasteiger partial charge on any atom is 0.240 e. The number of piperidine rings is 1. The van der Waals surface area contributed by atoms with Crippen LogP contribution in [-0.4, -0.2) is 48.2 Å². The third kappa shape index (κ3) is 3.35. The van der Waals surface area contributed by atoms with Crippen LogP contribution in [0.4, 0.5) is 0 Å². The van der Waals surface area contributed by atoms with Crippen molar-refractivity contribution in [1.82, 2.24) is 4.90 Å². The van der Waals surface area contributed by atoms with Crippen LogP contribution in [0.3, 0.4) is 0 Å². The van der Waals surface area contributed by atoms with E-state index in [0.717, 1.165) is 0 Å². The normalized spacial score (nSPS) is 20.6. The van der Waals surface area contributed by atoms with Crippen molar-refractivity contribution < 1.29 is 13.2 Å². The lowest BCUT2D eigenvalue weighted by atomic mass is 10.1. The molecule has 1 unspecified atom stereocenters. The number of carbonyl (C=O) groups is 1. The molecule has 0 bridgehead atoms. The van der Waals surface area contributed by atoms with E-state index in [-0.39, 0.29) is 16.4 Å². The fraction of sp³-hybridized carbons (Fsp3) is 0.909. The lowest BCUT2D eigenvalue weighted by molar-refractivity contribution is -0.131. The fourth-order valence-corrected chi connectivity index (χ4v) is 3.82. The molecule has 1 atom stereocenters. The Morgan fingerprint density at radius 2 is 1.71 bits per heavy atom. The van der Waals surface area contributed by atoms with E-state index in [1.54, 1.807) is 25.7 Å². The number of amides is 1. The van der Waals surface area contributed by atoms with E-state index in [1.165, 1.54) is 0 Å². The van der Waals surface area contributed by atoms with Crippen LogP contribution in [0.5, 0.6) is 0 Å². The van der Waals surface area contributed by atoms with E-state index in [0.29, 0.717) is 25.9 Å². The Hall–Kier alpha value is -0.290. The molecule has 4 nitrogen and oxygen atoms in total. The zero-order chi connectivity index (χ0) is 13.2. The van der Waals surface area contributed by atoms with E-state index >= 15 is 0 Å². The monoisotopic (exact) mass is 281 g/mol. The average molecular weight is 282 g/mol. The van der Waals surface area contributed by atoms with Gasteiger partial charge in [-0.05, 0) is 33.6 Å². The van der Waals surface area contributed by atoms with Crippen LogP contribution in [0.25, 0.3) is 0 Å². The third-order valence-corrected chi connectivity index (χ3v) is 6.12. The summed E-state index contributed by atoms with van der Waals surface area (Å²) in [7, 11) is -3.04. The molecular weight excluding hydrogens is 262 g/mol. The predicted molar refractivity (Wildman–Crippen MR) is 69.0 cm³/mol. The van der Waals surface area contributed by atoms with Crippen LogP contribution in [-0.2, 0) is 14.6 Å². The summed E-state index contributed by atoms with van der Waals surface area (Å²) in [5.41, 5.74) is 0. The number of likely N-dealkylation sites (tertiary alicyclic amines) is 1. The first-order valence-corrected chi connectivity index (χ1v) is 7.97. The Morgan fingerprint density at radius 3 is 2.06 bits per heavy atom. The van der Waals surface area contributed by atoms with Crippen molar-refractivity contribution in [1.29, 1.82) is 0 Å². The van der Waals surface area contributed by atoms with E-state index < -0.39 is 15.2 Å². The van der Waals surface area contributed by atoms with Crippen molar-refractivity contribution in [3.8, 4) is 0 Å². The number of hydrogen-bond acceptors (Lipinski definition) is 3. The van der Waals surface area contributed by atoms with Gasteiger partial charge in [-0.1, -0.05) is 0 Å². The maximum absolute atomic E-state index is 12.0. The van der Waals surface area contributed by atoms with Gasteiger partial charge in [0.1, 0.15) is 5.38 Å². The molecule has 0 N–H and O–H groups in total. The summed E-state index contributed by atoms with van der Waals surface area (Å²) in [4.78, 5) is 13.3. The number of alkyl halides is 1. The van der Waals surface area contributed by atoms with Crippen molar-refractivity contribution in [2.45, 2.75) is 49.5 Å². The SMILES string of the molecule is CC(Cl)C(=O)N1CCC(S(=O)(=O)C(C)C)CC1. The second kappa shape index (κ2) is 5.57. The molecule has 0 aromatic rings. The highest BCUT2D eigenvalue weighted by atomic mass is 35.5. The van der Waals surface area contributed by atoms with E-state index in [2.05, 4.69) is 0 Å². The molecule has 1 heterocycles. The van der Waals surface area contributed by atoms with Crippen molar-refractivity contribution >= 4 is 27.3 Å². The van der Waals surface area contributed by atoms with Gasteiger partial charge < -0.3 is 4.90 Å². The molecule has 17 heavy (non-hydrogen) atoms. The molecule has 0 saturated carbocycles. The van der Waals surface area contributed by atoms with Gasteiger partial charge in [-0.25, -0.2) is 8.42 Å². The first-order chi connectivity index (χ1) is 7.76. The van der Waals surface area contributed by atoms with Crippen molar-refractivity contribution in [3.63, 3.8) is 0 Å². The van der Waals surface area contributed by atoms with Gasteiger partial charge in [0.15, 0.2) is 9.84 Å². The first-order valence-electron chi connectivity index (χ1n) is 5.92. The van der Waals surface area contributed by atoms with Gasteiger partial charge in [0.2, 0.25) is 5.91 Å². The minimum atomic E-state index is -3.04. The average Bonchev–Trinajstić information content (AvgIpc) is 2.27. The molecule has 0 spiro atoms. The van der Waals surface area contributed by atoms with Crippen LogP contribution in [0.15, 0.2) is 0 Å². The number of sulfone groups is 1. The molecule has 100 valence electrons. The molecule has 1 saturated heterocycles. The summed E-state index contributed by atoms with van der Waals surface area (Å²) < 4.78 is 23.9. The number of carbonyl (C=O) groups excluding carboxylic acids is 1. The lowest BCUT2D eigenvalue weighted by Crippen LogP contribution is -2.45. The highest BCUT2D eigenvalue weighted by Crippen LogP contribution is 2.22. The van der Waals surface area contributed by atoms with Gasteiger partial charge in [-0.15, -0.1) is 11.6 Å². The van der Waals surface area contributed by atoms with Crippen LogP contribution >= 0.6 is 11.6 Å². The Bertz CT molecular complexity index is 370. The fourth-order valence-electron chi connectivity index (χ4n) is 2.04. The molecule has 0 aromatic carbocycles. The topological polar surface area (TPSA) is 54.5 Å². The van der Waals surface area contributed by atoms with Gasteiger partial charge in [0, 0.05) is 13.1 Å². The van der Waals surface area contributed by atoms with E-state index in [4.69, 9.17) is 11.6 Å². The van der Waals surface area contributed by atoms with Crippen LogP contribution in [0.1, 0.15) is 33.6 Å². The summed E-state index contributed by atoms with van der Waals surface area (Å²) >= 11 is 5.73. The van der Waals surface area contributed by atoms with E-state index in [9.17, 15) is 13.2 Å². The second-order valence-corrected chi connectivity index (χ2v) is 8.22. The molecule has 0 radical (unpaired) electrons. The largest absolute Gasteiger partial charge is 0.341 e. The highest BCUT2D eigenvalue weighted by Gasteiger charge is 2.33. The summed E-state index contributed by atoms with van der Waals surface area (Å²) in [5.74, 6) is -0.105. The maximum atomic E-state index is 12.0. The summed E-state index contributed by atoms with van der Waals surface area (Å²) in [6.07, 6.45) is 1.05. The smallest absolute Gasteiger partial charge is 0.240 e. The van der Waals surface area contributed by atoms with Crippen LogP contribution in [0, 0.1) is 0 Å². The molecule has 1 rings (SSSR count). The standard InChI is InChI=1S/C11H20ClNO3S/c1-8(2)17(15,16)10-4-6-13(7-5-10)11(14)9(3)12/h8-10H,4-7H2,1-3H3. The molecule has 0 aromatic heterocycles. The van der Waals surface area contributed by atoms with Gasteiger partial charge in [-0.2, -0.15) is 0 Å². The zero-order valence-electron chi connectivity index (χ0n) is 10.5. The zero-order valence-corrected chi connectivity index (χ0v) is 12.1. The molecular formula is C11H20ClNO3S. The van der Waals surface area contributed by atoms with E-state index in [1.807, 2.05) is 0 Å². The Labute approximate surface area is 108 Å². The van der Waals surface area contributed by atoms with Crippen molar-refractivity contribution in [2.24, 2.45) is 0 Å². The first kappa shape index (κ1) is 14.8. The third-order valence-electron chi connectivity index (χ3n) is 3.22. The Kier molecular flexibility index (Phi) is 4.84. The van der Waals surface area contributed by atoms with Gasteiger partial charge in [-0.3, -0.25) is 4.79 Å². The van der Waals surface area contributed by atoms with Crippen molar-refractivity contribution in [3.05, 3.63) is 0 Å². The quantitative estimate of drug-likeness (QED) is 0.736. The minimum absolute atomic E-state index is 0.105. The van der Waals surface area contributed by atoms with Crippen molar-refractivity contribution in [2.75, 3.05) is 13.1 Å².